The zero-order chi connectivity index (χ0) is 8.81. The van der Waals surface area contributed by atoms with Gasteiger partial charge in [0.05, 0.1) is 0 Å². The summed E-state index contributed by atoms with van der Waals surface area (Å²) < 4.78 is 5.24. The van der Waals surface area contributed by atoms with E-state index < -0.39 is 0 Å². The Balaban J connectivity index is 2.44. The average molecular weight is 164 g/mol. The van der Waals surface area contributed by atoms with Crippen molar-refractivity contribution < 1.29 is 9.84 Å². The van der Waals surface area contributed by atoms with Crippen LogP contribution >= 0.6 is 0 Å². The lowest BCUT2D eigenvalue weighted by Gasteiger charge is -2.03. The third-order valence-electron chi connectivity index (χ3n) is 1.46. The molecule has 1 aromatic rings. The second-order valence-corrected chi connectivity index (χ2v) is 2.38. The SMILES string of the molecule is CC=C(O)COc1ccccc1. The molecule has 0 saturated carbocycles. The van der Waals surface area contributed by atoms with Crippen LogP contribution in [0.25, 0.3) is 0 Å². The summed E-state index contributed by atoms with van der Waals surface area (Å²) in [4.78, 5) is 0. The van der Waals surface area contributed by atoms with Crippen LogP contribution in [0.2, 0.25) is 0 Å². The van der Waals surface area contributed by atoms with Crippen molar-refractivity contribution in [2.24, 2.45) is 0 Å². The van der Waals surface area contributed by atoms with Crippen LogP contribution < -0.4 is 4.74 Å². The smallest absolute Gasteiger partial charge is 0.145 e. The summed E-state index contributed by atoms with van der Waals surface area (Å²) in [7, 11) is 0. The molecule has 0 heterocycles. The monoisotopic (exact) mass is 164 g/mol. The summed E-state index contributed by atoms with van der Waals surface area (Å²) in [6.45, 7) is 2.00. The molecule has 0 atom stereocenters. The lowest BCUT2D eigenvalue weighted by molar-refractivity contribution is 0.270. The molecule has 0 amide bonds. The van der Waals surface area contributed by atoms with Crippen LogP contribution in [-0.2, 0) is 0 Å². The Bertz CT molecular complexity index is 252. The van der Waals surface area contributed by atoms with Gasteiger partial charge < -0.3 is 9.84 Å². The summed E-state index contributed by atoms with van der Waals surface area (Å²) in [5, 5.41) is 9.06. The van der Waals surface area contributed by atoms with Gasteiger partial charge in [0.2, 0.25) is 0 Å². The molecule has 0 saturated heterocycles. The predicted molar refractivity (Wildman–Crippen MR) is 48.3 cm³/mol. The van der Waals surface area contributed by atoms with E-state index in [9.17, 15) is 0 Å². The number of aliphatic hydroxyl groups excluding tert-OH is 1. The molecule has 0 aliphatic heterocycles. The van der Waals surface area contributed by atoms with E-state index in [2.05, 4.69) is 0 Å². The number of rotatable bonds is 3. The first-order chi connectivity index (χ1) is 5.83. The van der Waals surface area contributed by atoms with Gasteiger partial charge in [-0.2, -0.15) is 0 Å². The third-order valence-corrected chi connectivity index (χ3v) is 1.46. The van der Waals surface area contributed by atoms with Gasteiger partial charge in [0.15, 0.2) is 0 Å². The molecule has 0 fully saturated rings. The van der Waals surface area contributed by atoms with Crippen LogP contribution in [-0.4, -0.2) is 11.7 Å². The topological polar surface area (TPSA) is 29.5 Å². The lowest BCUT2D eigenvalue weighted by Crippen LogP contribution is -1.99. The van der Waals surface area contributed by atoms with Crippen molar-refractivity contribution in [1.82, 2.24) is 0 Å². The van der Waals surface area contributed by atoms with Gasteiger partial charge in [0.25, 0.3) is 0 Å². The van der Waals surface area contributed by atoms with E-state index in [-0.39, 0.29) is 12.4 Å². The lowest BCUT2D eigenvalue weighted by atomic mass is 10.3. The molecule has 0 radical (unpaired) electrons. The first-order valence-electron chi connectivity index (χ1n) is 3.85. The Labute approximate surface area is 72.1 Å². The van der Waals surface area contributed by atoms with Crippen LogP contribution in [0.3, 0.4) is 0 Å². The van der Waals surface area contributed by atoms with Crippen molar-refractivity contribution in [3.63, 3.8) is 0 Å². The minimum Gasteiger partial charge on any atom is -0.509 e. The van der Waals surface area contributed by atoms with Gasteiger partial charge in [-0.25, -0.2) is 0 Å². The molecular formula is C10H12O2. The second kappa shape index (κ2) is 4.44. The molecular weight excluding hydrogens is 152 g/mol. The maximum absolute atomic E-state index is 9.06. The van der Waals surface area contributed by atoms with Crippen molar-refractivity contribution in [2.45, 2.75) is 6.92 Å². The molecule has 1 rings (SSSR count). The van der Waals surface area contributed by atoms with Gasteiger partial charge in [-0.15, -0.1) is 0 Å². The maximum atomic E-state index is 9.06. The first kappa shape index (κ1) is 8.65. The van der Waals surface area contributed by atoms with Gasteiger partial charge in [0.1, 0.15) is 18.1 Å². The molecule has 64 valence electrons. The van der Waals surface area contributed by atoms with Crippen molar-refractivity contribution in [3.05, 3.63) is 42.2 Å². The zero-order valence-corrected chi connectivity index (χ0v) is 7.03. The van der Waals surface area contributed by atoms with Crippen molar-refractivity contribution in [3.8, 4) is 5.75 Å². The summed E-state index contributed by atoms with van der Waals surface area (Å²) >= 11 is 0. The number of para-hydroxylation sites is 1. The molecule has 0 spiro atoms. The molecule has 1 aromatic carbocycles. The van der Waals surface area contributed by atoms with Crippen LogP contribution in [0.1, 0.15) is 6.92 Å². The third kappa shape index (κ3) is 2.66. The van der Waals surface area contributed by atoms with Crippen molar-refractivity contribution in [2.75, 3.05) is 6.61 Å². The minimum atomic E-state index is 0.237. The zero-order valence-electron chi connectivity index (χ0n) is 7.03. The second-order valence-electron chi connectivity index (χ2n) is 2.38. The first-order valence-corrected chi connectivity index (χ1v) is 3.85. The fraction of sp³-hybridized carbons (Fsp3) is 0.200. The molecule has 0 aromatic heterocycles. The number of aliphatic hydroxyl groups is 1. The van der Waals surface area contributed by atoms with Gasteiger partial charge in [0, 0.05) is 0 Å². The number of hydrogen-bond acceptors (Lipinski definition) is 2. The van der Waals surface area contributed by atoms with Crippen LogP contribution in [0.15, 0.2) is 42.2 Å². The Morgan fingerprint density at radius 2 is 2.08 bits per heavy atom. The van der Waals surface area contributed by atoms with Crippen LogP contribution in [0.5, 0.6) is 5.75 Å². The highest BCUT2D eigenvalue weighted by atomic mass is 16.5. The van der Waals surface area contributed by atoms with Crippen LogP contribution in [0, 0.1) is 0 Å². The van der Waals surface area contributed by atoms with E-state index in [0.29, 0.717) is 0 Å². The molecule has 0 aliphatic carbocycles. The number of ether oxygens (including phenoxy) is 1. The summed E-state index contributed by atoms with van der Waals surface area (Å²) in [5.41, 5.74) is 0. The van der Waals surface area contributed by atoms with Crippen molar-refractivity contribution >= 4 is 0 Å². The van der Waals surface area contributed by atoms with E-state index in [1.807, 2.05) is 30.3 Å². The summed E-state index contributed by atoms with van der Waals surface area (Å²) in [6, 6.07) is 9.40. The standard InChI is InChI=1S/C10H12O2/c1-2-9(11)8-12-10-6-4-3-5-7-10/h2-7,11H,8H2,1H3. The average Bonchev–Trinajstić information content (AvgIpc) is 2.16. The highest BCUT2D eigenvalue weighted by Gasteiger charge is 1.92. The minimum absolute atomic E-state index is 0.237. The Morgan fingerprint density at radius 3 is 2.67 bits per heavy atom. The largest absolute Gasteiger partial charge is 0.509 e. The van der Waals surface area contributed by atoms with Gasteiger partial charge in [-0.1, -0.05) is 18.2 Å². The van der Waals surface area contributed by atoms with E-state index in [1.54, 1.807) is 13.0 Å². The molecule has 0 unspecified atom stereocenters. The predicted octanol–water partition coefficient (Wildman–Crippen LogP) is 2.53. The summed E-state index contributed by atoms with van der Waals surface area (Å²) in [5.74, 6) is 1.02. The van der Waals surface area contributed by atoms with E-state index >= 15 is 0 Å². The highest BCUT2D eigenvalue weighted by molar-refractivity contribution is 5.21. The van der Waals surface area contributed by atoms with Crippen molar-refractivity contribution in [1.29, 1.82) is 0 Å². The van der Waals surface area contributed by atoms with Gasteiger partial charge in [-0.05, 0) is 25.1 Å². The summed E-state index contributed by atoms with van der Waals surface area (Å²) in [6.07, 6.45) is 1.61. The number of allylic oxidation sites excluding steroid dienone is 1. The molecule has 2 heteroatoms. The Morgan fingerprint density at radius 1 is 1.42 bits per heavy atom. The van der Waals surface area contributed by atoms with Crippen LogP contribution in [0.4, 0.5) is 0 Å². The number of benzene rings is 1. The molecule has 2 nitrogen and oxygen atoms in total. The van der Waals surface area contributed by atoms with E-state index in [1.165, 1.54) is 0 Å². The van der Waals surface area contributed by atoms with E-state index in [0.717, 1.165) is 5.75 Å². The Kier molecular flexibility index (Phi) is 3.20. The molecule has 12 heavy (non-hydrogen) atoms. The highest BCUT2D eigenvalue weighted by Crippen LogP contribution is 2.08. The van der Waals surface area contributed by atoms with E-state index in [4.69, 9.17) is 9.84 Å². The van der Waals surface area contributed by atoms with Gasteiger partial charge >= 0.3 is 0 Å². The fourth-order valence-electron chi connectivity index (χ4n) is 0.757. The van der Waals surface area contributed by atoms with Gasteiger partial charge in [-0.3, -0.25) is 0 Å². The Hall–Kier alpha value is -1.44. The molecule has 1 N–H and O–H groups in total. The molecule has 0 bridgehead atoms. The fourth-order valence-corrected chi connectivity index (χ4v) is 0.757. The number of hydrogen-bond donors (Lipinski definition) is 1. The maximum Gasteiger partial charge on any atom is 0.145 e. The molecule has 0 aliphatic rings. The normalized spacial score (nSPS) is 11.2. The quantitative estimate of drug-likeness (QED) is 0.695.